The molecule has 1 aromatic carbocycles. The molecule has 0 saturated carbocycles. The Morgan fingerprint density at radius 3 is 2.48 bits per heavy atom. The van der Waals surface area contributed by atoms with Gasteiger partial charge in [-0.15, -0.1) is 0 Å². The van der Waals surface area contributed by atoms with Crippen molar-refractivity contribution in [2.24, 2.45) is 0 Å². The number of methoxy groups -OCH3 is 1. The molecule has 0 atom stereocenters. The Labute approximate surface area is 147 Å². The molecule has 0 aliphatic rings. The summed E-state index contributed by atoms with van der Waals surface area (Å²) < 4.78 is 5.09. The third kappa shape index (κ3) is 5.04. The van der Waals surface area contributed by atoms with Gasteiger partial charge >= 0.3 is 0 Å². The predicted octanol–water partition coefficient (Wildman–Crippen LogP) is 3.21. The number of nitrogens with zero attached hydrogens (tertiary/aromatic N) is 2. The van der Waals surface area contributed by atoms with E-state index in [1.807, 2.05) is 0 Å². The van der Waals surface area contributed by atoms with Crippen molar-refractivity contribution < 1.29 is 14.3 Å². The van der Waals surface area contributed by atoms with E-state index >= 15 is 0 Å². The lowest BCUT2D eigenvalue weighted by atomic mass is 10.1. The van der Waals surface area contributed by atoms with E-state index < -0.39 is 0 Å². The Balaban J connectivity index is 2.08. The van der Waals surface area contributed by atoms with Crippen molar-refractivity contribution in [1.29, 1.82) is 0 Å². The number of amides is 2. The van der Waals surface area contributed by atoms with Crippen molar-refractivity contribution in [1.82, 2.24) is 9.88 Å². The Bertz CT molecular complexity index is 729. The molecule has 2 amide bonds. The molecule has 0 bridgehead atoms. The van der Waals surface area contributed by atoms with E-state index in [-0.39, 0.29) is 11.8 Å². The number of unbranched alkanes of at least 4 members (excludes halogenated alkanes) is 1. The fraction of sp³-hybridized carbons (Fsp3) is 0.316. The lowest BCUT2D eigenvalue weighted by molar-refractivity contribution is 0.0793. The molecule has 2 aromatic rings. The van der Waals surface area contributed by atoms with Gasteiger partial charge in [0.1, 0.15) is 5.75 Å². The number of rotatable bonds is 7. The van der Waals surface area contributed by atoms with Gasteiger partial charge in [-0.3, -0.25) is 14.6 Å². The molecule has 6 heteroatoms. The van der Waals surface area contributed by atoms with Crippen LogP contribution in [0.4, 0.5) is 5.69 Å². The van der Waals surface area contributed by atoms with Crippen LogP contribution < -0.4 is 10.1 Å². The van der Waals surface area contributed by atoms with Crippen LogP contribution in [0.25, 0.3) is 0 Å². The SMILES string of the molecule is CCCCN(C)C(=O)c1cncc(C(=O)Nc2ccc(OC)cc2)c1. The zero-order valence-corrected chi connectivity index (χ0v) is 14.8. The van der Waals surface area contributed by atoms with Crippen molar-refractivity contribution in [3.05, 3.63) is 53.9 Å². The second kappa shape index (κ2) is 8.82. The monoisotopic (exact) mass is 341 g/mol. The van der Waals surface area contributed by atoms with Gasteiger partial charge < -0.3 is 15.0 Å². The standard InChI is InChI=1S/C19H23N3O3/c1-4-5-10-22(2)19(24)15-11-14(12-20-13-15)18(23)21-16-6-8-17(25-3)9-7-16/h6-9,11-13H,4-5,10H2,1-3H3,(H,21,23). The minimum Gasteiger partial charge on any atom is -0.497 e. The molecule has 2 rings (SSSR count). The van der Waals surface area contributed by atoms with Gasteiger partial charge in [0.15, 0.2) is 0 Å². The molecule has 0 unspecified atom stereocenters. The quantitative estimate of drug-likeness (QED) is 0.839. The van der Waals surface area contributed by atoms with E-state index in [9.17, 15) is 9.59 Å². The second-order valence-corrected chi connectivity index (χ2v) is 5.73. The molecule has 132 valence electrons. The molecule has 1 aromatic heterocycles. The van der Waals surface area contributed by atoms with Crippen LogP contribution >= 0.6 is 0 Å². The maximum Gasteiger partial charge on any atom is 0.257 e. The summed E-state index contributed by atoms with van der Waals surface area (Å²) in [5.41, 5.74) is 1.38. The van der Waals surface area contributed by atoms with E-state index in [0.29, 0.717) is 29.1 Å². The highest BCUT2D eigenvalue weighted by Gasteiger charge is 2.14. The summed E-state index contributed by atoms with van der Waals surface area (Å²) in [5, 5.41) is 2.78. The Morgan fingerprint density at radius 1 is 1.16 bits per heavy atom. The van der Waals surface area contributed by atoms with Gasteiger partial charge in [-0.1, -0.05) is 13.3 Å². The fourth-order valence-corrected chi connectivity index (χ4v) is 2.28. The van der Waals surface area contributed by atoms with Gasteiger partial charge in [-0.05, 0) is 36.8 Å². The van der Waals surface area contributed by atoms with Crippen molar-refractivity contribution in [3.63, 3.8) is 0 Å². The van der Waals surface area contributed by atoms with Crippen molar-refractivity contribution >= 4 is 17.5 Å². The minimum absolute atomic E-state index is 0.139. The zero-order valence-electron chi connectivity index (χ0n) is 14.8. The van der Waals surface area contributed by atoms with E-state index in [2.05, 4.69) is 17.2 Å². The molecule has 0 spiro atoms. The Hall–Kier alpha value is -2.89. The van der Waals surface area contributed by atoms with Crippen LogP contribution in [0, 0.1) is 0 Å². The lowest BCUT2D eigenvalue weighted by Crippen LogP contribution is -2.28. The number of aromatic nitrogens is 1. The van der Waals surface area contributed by atoms with Crippen LogP contribution in [-0.2, 0) is 0 Å². The molecule has 0 fully saturated rings. The molecule has 1 heterocycles. The first-order valence-electron chi connectivity index (χ1n) is 8.21. The number of nitrogens with one attached hydrogen (secondary N) is 1. The van der Waals surface area contributed by atoms with Crippen LogP contribution in [0.5, 0.6) is 5.75 Å². The van der Waals surface area contributed by atoms with Crippen LogP contribution in [-0.4, -0.2) is 42.4 Å². The first-order chi connectivity index (χ1) is 12.0. The molecular weight excluding hydrogens is 318 g/mol. The molecular formula is C19H23N3O3. The first-order valence-corrected chi connectivity index (χ1v) is 8.21. The molecule has 25 heavy (non-hydrogen) atoms. The number of hydrogen-bond donors (Lipinski definition) is 1. The Morgan fingerprint density at radius 2 is 1.84 bits per heavy atom. The second-order valence-electron chi connectivity index (χ2n) is 5.73. The summed E-state index contributed by atoms with van der Waals surface area (Å²) in [6.45, 7) is 2.75. The molecule has 0 saturated heterocycles. The minimum atomic E-state index is -0.316. The smallest absolute Gasteiger partial charge is 0.257 e. The van der Waals surface area contributed by atoms with Crippen LogP contribution in [0.3, 0.4) is 0 Å². The summed E-state index contributed by atoms with van der Waals surface area (Å²) in [7, 11) is 3.33. The summed E-state index contributed by atoms with van der Waals surface area (Å²) in [4.78, 5) is 30.4. The van der Waals surface area contributed by atoms with Gasteiger partial charge in [-0.25, -0.2) is 0 Å². The highest BCUT2D eigenvalue weighted by atomic mass is 16.5. The van der Waals surface area contributed by atoms with Gasteiger partial charge in [0.25, 0.3) is 11.8 Å². The van der Waals surface area contributed by atoms with Crippen molar-refractivity contribution in [3.8, 4) is 5.75 Å². The first kappa shape index (κ1) is 18.4. The average molecular weight is 341 g/mol. The van der Waals surface area contributed by atoms with E-state index in [1.165, 1.54) is 12.4 Å². The lowest BCUT2D eigenvalue weighted by Gasteiger charge is -2.16. The van der Waals surface area contributed by atoms with Gasteiger partial charge in [0.2, 0.25) is 0 Å². The fourth-order valence-electron chi connectivity index (χ4n) is 2.28. The summed E-state index contributed by atoms with van der Waals surface area (Å²) in [6, 6.07) is 8.58. The third-order valence-corrected chi connectivity index (χ3v) is 3.79. The summed E-state index contributed by atoms with van der Waals surface area (Å²) in [6.07, 6.45) is 4.88. The number of carbonyl (C=O) groups excluding carboxylic acids is 2. The number of anilines is 1. The highest BCUT2D eigenvalue weighted by molar-refractivity contribution is 6.05. The van der Waals surface area contributed by atoms with Gasteiger partial charge in [0.05, 0.1) is 18.2 Å². The molecule has 0 aliphatic carbocycles. The summed E-state index contributed by atoms with van der Waals surface area (Å²) >= 11 is 0. The maximum absolute atomic E-state index is 12.4. The molecule has 0 radical (unpaired) electrons. The largest absolute Gasteiger partial charge is 0.497 e. The Kier molecular flexibility index (Phi) is 6.51. The number of pyridine rings is 1. The number of hydrogen-bond acceptors (Lipinski definition) is 4. The number of carbonyl (C=O) groups is 2. The topological polar surface area (TPSA) is 71.5 Å². The van der Waals surface area contributed by atoms with Gasteiger partial charge in [0, 0.05) is 31.7 Å². The van der Waals surface area contributed by atoms with E-state index in [4.69, 9.17) is 4.74 Å². The normalized spacial score (nSPS) is 10.2. The predicted molar refractivity (Wildman–Crippen MR) is 97.1 cm³/mol. The highest BCUT2D eigenvalue weighted by Crippen LogP contribution is 2.16. The molecule has 0 aliphatic heterocycles. The average Bonchev–Trinajstić information content (AvgIpc) is 2.66. The molecule has 1 N–H and O–H groups in total. The van der Waals surface area contributed by atoms with E-state index in [1.54, 1.807) is 49.4 Å². The van der Waals surface area contributed by atoms with Crippen molar-refractivity contribution in [2.45, 2.75) is 19.8 Å². The zero-order chi connectivity index (χ0) is 18.2. The van der Waals surface area contributed by atoms with E-state index in [0.717, 1.165) is 12.8 Å². The maximum atomic E-state index is 12.4. The third-order valence-electron chi connectivity index (χ3n) is 3.79. The summed E-state index contributed by atoms with van der Waals surface area (Å²) in [5.74, 6) is 0.256. The van der Waals surface area contributed by atoms with Crippen LogP contribution in [0.1, 0.15) is 40.5 Å². The van der Waals surface area contributed by atoms with Crippen molar-refractivity contribution in [2.75, 3.05) is 26.0 Å². The number of benzene rings is 1. The van der Waals surface area contributed by atoms with Crippen LogP contribution in [0.2, 0.25) is 0 Å². The van der Waals surface area contributed by atoms with Crippen LogP contribution in [0.15, 0.2) is 42.7 Å². The molecule has 6 nitrogen and oxygen atoms in total. The number of ether oxygens (including phenoxy) is 1. The van der Waals surface area contributed by atoms with Gasteiger partial charge in [-0.2, -0.15) is 0 Å².